The van der Waals surface area contributed by atoms with Gasteiger partial charge in [0, 0.05) is 38.3 Å². The number of rotatable bonds is 4. The number of carbonyl (C=O) groups excluding carboxylic acids is 1. The van der Waals surface area contributed by atoms with Crippen LogP contribution in [0.2, 0.25) is 0 Å². The Balaban J connectivity index is 1.34. The van der Waals surface area contributed by atoms with E-state index in [0.29, 0.717) is 25.6 Å². The number of carbonyl (C=O) groups is 1. The van der Waals surface area contributed by atoms with E-state index in [0.717, 1.165) is 54.1 Å². The molecule has 7 nitrogen and oxygen atoms in total. The number of β-amino-alcohol motifs (C(OH)–C–C–N with tert-alkyl or cyclic N) is 1. The van der Waals surface area contributed by atoms with Gasteiger partial charge in [-0.3, -0.25) is 14.7 Å². The monoisotopic (exact) mass is 424 g/mol. The van der Waals surface area contributed by atoms with Crippen molar-refractivity contribution in [1.82, 2.24) is 19.9 Å². The van der Waals surface area contributed by atoms with Gasteiger partial charge in [-0.2, -0.15) is 0 Å². The highest BCUT2D eigenvalue weighted by molar-refractivity contribution is 5.89. The van der Waals surface area contributed by atoms with Crippen LogP contribution in [0.4, 0.5) is 0 Å². The summed E-state index contributed by atoms with van der Waals surface area (Å²) in [4.78, 5) is 22.6. The summed E-state index contributed by atoms with van der Waals surface area (Å²) in [7, 11) is 0. The summed E-state index contributed by atoms with van der Waals surface area (Å²) in [5.41, 5.74) is 3.11. The zero-order valence-corrected chi connectivity index (χ0v) is 18.5. The predicted molar refractivity (Wildman–Crippen MR) is 116 cm³/mol. The summed E-state index contributed by atoms with van der Waals surface area (Å²) in [6, 6.07) is 4.44. The summed E-state index contributed by atoms with van der Waals surface area (Å²) in [5, 5.41) is 14.5. The third kappa shape index (κ3) is 3.57. The number of likely N-dealkylation sites (tertiary alicyclic amines) is 2. The molecule has 2 aromatic heterocycles. The van der Waals surface area contributed by atoms with Crippen molar-refractivity contribution in [2.45, 2.75) is 83.0 Å². The molecule has 4 heterocycles. The average Bonchev–Trinajstić information content (AvgIpc) is 3.39. The maximum Gasteiger partial charge on any atom is 0.243 e. The van der Waals surface area contributed by atoms with Crippen molar-refractivity contribution < 1.29 is 14.4 Å². The molecule has 0 radical (unpaired) electrons. The first kappa shape index (κ1) is 20.6. The van der Waals surface area contributed by atoms with E-state index in [4.69, 9.17) is 4.52 Å². The fourth-order valence-electron chi connectivity index (χ4n) is 5.97. The van der Waals surface area contributed by atoms with Crippen LogP contribution in [0, 0.1) is 13.8 Å². The van der Waals surface area contributed by atoms with Crippen LogP contribution in [-0.2, 0) is 11.3 Å². The molecule has 2 atom stereocenters. The van der Waals surface area contributed by atoms with Gasteiger partial charge in [-0.05, 0) is 44.7 Å². The summed E-state index contributed by atoms with van der Waals surface area (Å²) < 4.78 is 5.27. The largest absolute Gasteiger partial charge is 0.392 e. The molecule has 2 unspecified atom stereocenters. The molecule has 3 fully saturated rings. The van der Waals surface area contributed by atoms with Crippen molar-refractivity contribution in [1.29, 1.82) is 0 Å². The Kier molecular flexibility index (Phi) is 5.34. The number of amides is 1. The minimum Gasteiger partial charge on any atom is -0.392 e. The third-order valence-electron chi connectivity index (χ3n) is 7.54. The van der Waals surface area contributed by atoms with E-state index in [1.807, 2.05) is 26.1 Å². The van der Waals surface area contributed by atoms with E-state index in [2.05, 4.69) is 26.0 Å². The molecule has 2 aromatic rings. The Morgan fingerprint density at radius 2 is 2.03 bits per heavy atom. The minimum atomic E-state index is -0.558. The molecule has 2 saturated heterocycles. The molecule has 3 aliphatic rings. The molecular weight excluding hydrogens is 392 g/mol. The molecule has 0 bridgehead atoms. The van der Waals surface area contributed by atoms with Crippen molar-refractivity contribution >= 4 is 5.91 Å². The molecule has 5 rings (SSSR count). The normalized spacial score (nSPS) is 27.6. The molecule has 0 aromatic carbocycles. The van der Waals surface area contributed by atoms with Crippen LogP contribution in [0.25, 0.3) is 11.3 Å². The zero-order valence-electron chi connectivity index (χ0n) is 18.5. The highest BCUT2D eigenvalue weighted by Gasteiger charge is 2.56. The summed E-state index contributed by atoms with van der Waals surface area (Å²) >= 11 is 0. The van der Waals surface area contributed by atoms with Crippen LogP contribution in [0.1, 0.15) is 62.0 Å². The second kappa shape index (κ2) is 8.02. The third-order valence-corrected chi connectivity index (χ3v) is 7.54. The molecular formula is C24H32N4O3. The highest BCUT2D eigenvalue weighted by Crippen LogP contribution is 2.42. The van der Waals surface area contributed by atoms with E-state index < -0.39 is 11.6 Å². The number of aliphatic hydroxyl groups is 1. The standard InChI is InChI=1S/C24H32N4O3/c1-16-22(17(2)31-26-16)21-9-8-18(13-25-21)14-27-15-20(29)12-24(27)10-11-28(23(24)30)19-6-4-3-5-7-19/h8-9,13,19-20,29H,3-7,10-12,14-15H2,1-2H3. The lowest BCUT2D eigenvalue weighted by molar-refractivity contribution is -0.139. The van der Waals surface area contributed by atoms with Crippen molar-refractivity contribution in [3.63, 3.8) is 0 Å². The van der Waals surface area contributed by atoms with Gasteiger partial charge >= 0.3 is 0 Å². The van der Waals surface area contributed by atoms with Gasteiger partial charge in [0.1, 0.15) is 11.3 Å². The number of nitrogens with zero attached hydrogens (tertiary/aromatic N) is 4. The Bertz CT molecular complexity index is 931. The lowest BCUT2D eigenvalue weighted by Crippen LogP contribution is -2.51. The molecule has 1 saturated carbocycles. The highest BCUT2D eigenvalue weighted by atomic mass is 16.5. The van der Waals surface area contributed by atoms with Gasteiger partial charge in [-0.15, -0.1) is 0 Å². The van der Waals surface area contributed by atoms with Gasteiger partial charge in [-0.1, -0.05) is 30.5 Å². The second-order valence-corrected chi connectivity index (χ2v) is 9.56. The van der Waals surface area contributed by atoms with Crippen LogP contribution in [0.3, 0.4) is 0 Å². The van der Waals surface area contributed by atoms with Gasteiger partial charge in [-0.25, -0.2) is 0 Å². The fourth-order valence-corrected chi connectivity index (χ4v) is 5.97. The second-order valence-electron chi connectivity index (χ2n) is 9.56. The number of hydrogen-bond acceptors (Lipinski definition) is 6. The van der Waals surface area contributed by atoms with Crippen molar-refractivity contribution in [2.75, 3.05) is 13.1 Å². The lowest BCUT2D eigenvalue weighted by Gasteiger charge is -2.36. The first-order valence-electron chi connectivity index (χ1n) is 11.6. The van der Waals surface area contributed by atoms with E-state index >= 15 is 0 Å². The topological polar surface area (TPSA) is 82.7 Å². The minimum absolute atomic E-state index is 0.233. The Morgan fingerprint density at radius 1 is 1.23 bits per heavy atom. The van der Waals surface area contributed by atoms with Gasteiger partial charge in [0.25, 0.3) is 0 Å². The van der Waals surface area contributed by atoms with E-state index in [9.17, 15) is 9.90 Å². The molecule has 1 amide bonds. The smallest absolute Gasteiger partial charge is 0.243 e. The summed E-state index contributed by atoms with van der Waals surface area (Å²) in [5.74, 6) is 0.995. The van der Waals surface area contributed by atoms with E-state index in [1.54, 1.807) is 0 Å². The molecule has 1 N–H and O–H groups in total. The van der Waals surface area contributed by atoms with Crippen LogP contribution in [0.15, 0.2) is 22.9 Å². The first-order valence-corrected chi connectivity index (χ1v) is 11.6. The Morgan fingerprint density at radius 3 is 2.71 bits per heavy atom. The van der Waals surface area contributed by atoms with Crippen LogP contribution in [-0.4, -0.2) is 61.7 Å². The maximum absolute atomic E-state index is 13.6. The Hall–Kier alpha value is -2.25. The van der Waals surface area contributed by atoms with E-state index in [-0.39, 0.29) is 5.91 Å². The molecule has 1 spiro atoms. The van der Waals surface area contributed by atoms with Crippen molar-refractivity contribution in [3.8, 4) is 11.3 Å². The average molecular weight is 425 g/mol. The predicted octanol–water partition coefficient (Wildman–Crippen LogP) is 3.22. The van der Waals surface area contributed by atoms with Gasteiger partial charge in [0.05, 0.1) is 23.1 Å². The van der Waals surface area contributed by atoms with E-state index in [1.165, 1.54) is 19.3 Å². The SMILES string of the molecule is Cc1noc(C)c1-c1ccc(CN2CC(O)CC23CCN(C2CCCCC2)C3=O)cn1. The molecule has 31 heavy (non-hydrogen) atoms. The van der Waals surface area contributed by atoms with Crippen molar-refractivity contribution in [2.24, 2.45) is 0 Å². The van der Waals surface area contributed by atoms with Gasteiger partial charge < -0.3 is 14.5 Å². The van der Waals surface area contributed by atoms with Crippen LogP contribution >= 0.6 is 0 Å². The fraction of sp³-hybridized carbons (Fsp3) is 0.625. The zero-order chi connectivity index (χ0) is 21.6. The maximum atomic E-state index is 13.6. The summed E-state index contributed by atoms with van der Waals surface area (Å²) in [6.45, 7) is 5.78. The number of aryl methyl sites for hydroxylation is 2. The number of aliphatic hydroxyl groups excluding tert-OH is 1. The van der Waals surface area contributed by atoms with Gasteiger partial charge in [0.15, 0.2) is 0 Å². The lowest BCUT2D eigenvalue weighted by atomic mass is 9.92. The Labute approximate surface area is 183 Å². The van der Waals surface area contributed by atoms with Crippen LogP contribution in [0.5, 0.6) is 0 Å². The first-order chi connectivity index (χ1) is 15.0. The number of pyridine rings is 1. The summed E-state index contributed by atoms with van der Waals surface area (Å²) in [6.07, 6.45) is 8.74. The number of hydrogen-bond donors (Lipinski definition) is 1. The number of aromatic nitrogens is 2. The van der Waals surface area contributed by atoms with Crippen LogP contribution < -0.4 is 0 Å². The molecule has 166 valence electrons. The molecule has 2 aliphatic heterocycles. The van der Waals surface area contributed by atoms with Crippen molar-refractivity contribution in [3.05, 3.63) is 35.3 Å². The molecule has 1 aliphatic carbocycles. The quantitative estimate of drug-likeness (QED) is 0.811. The van der Waals surface area contributed by atoms with Gasteiger partial charge in [0.2, 0.25) is 5.91 Å². The molecule has 7 heteroatoms.